The van der Waals surface area contributed by atoms with E-state index in [2.05, 4.69) is 10.6 Å². The third kappa shape index (κ3) is 8.07. The SMILES string of the molecule is CCC(C)(C)N(C(=O)CNC(=O)OC(C)(C)C)C(C(=O)Nc1c(C)cccc1C)c1cc(C)cc(C)c1. The van der Waals surface area contributed by atoms with Crippen LogP contribution in [0, 0.1) is 27.7 Å². The van der Waals surface area contributed by atoms with Gasteiger partial charge in [0.1, 0.15) is 18.2 Å². The summed E-state index contributed by atoms with van der Waals surface area (Å²) >= 11 is 0. The molecular formula is C30H43N3O4. The Morgan fingerprint density at radius 3 is 1.95 bits per heavy atom. The highest BCUT2D eigenvalue weighted by Gasteiger charge is 2.40. The first-order chi connectivity index (χ1) is 17.1. The summed E-state index contributed by atoms with van der Waals surface area (Å²) in [6.07, 6.45) is -0.0820. The molecule has 0 bridgehead atoms. The number of alkyl carbamates (subject to hydrolysis) is 1. The van der Waals surface area contributed by atoms with Gasteiger partial charge >= 0.3 is 6.09 Å². The van der Waals surface area contributed by atoms with Gasteiger partial charge in [-0.1, -0.05) is 54.4 Å². The molecule has 7 heteroatoms. The maximum atomic E-state index is 14.1. The normalized spacial score (nSPS) is 12.5. The van der Waals surface area contributed by atoms with E-state index in [1.165, 1.54) is 0 Å². The summed E-state index contributed by atoms with van der Waals surface area (Å²) in [7, 11) is 0. The molecule has 0 aliphatic heterocycles. The summed E-state index contributed by atoms with van der Waals surface area (Å²) in [4.78, 5) is 41.7. The number of aryl methyl sites for hydroxylation is 4. The number of carbonyl (C=O) groups is 3. The number of anilines is 1. The minimum atomic E-state index is -0.916. The van der Waals surface area contributed by atoms with Gasteiger partial charge in [0.15, 0.2) is 0 Å². The Kier molecular flexibility index (Phi) is 9.53. The lowest BCUT2D eigenvalue weighted by atomic mass is 9.91. The Hall–Kier alpha value is -3.35. The zero-order chi connectivity index (χ0) is 28.1. The fourth-order valence-corrected chi connectivity index (χ4v) is 4.34. The Morgan fingerprint density at radius 1 is 0.919 bits per heavy atom. The molecule has 0 fully saturated rings. The van der Waals surface area contributed by atoms with Crippen LogP contribution in [0.25, 0.3) is 0 Å². The van der Waals surface area contributed by atoms with Crippen molar-refractivity contribution >= 4 is 23.6 Å². The molecule has 0 aliphatic rings. The molecule has 0 spiro atoms. The summed E-state index contributed by atoms with van der Waals surface area (Å²) in [5.74, 6) is -0.687. The second-order valence-electron chi connectivity index (χ2n) is 11.4. The van der Waals surface area contributed by atoms with Gasteiger partial charge in [-0.2, -0.15) is 0 Å². The maximum Gasteiger partial charge on any atom is 0.408 e. The molecule has 7 nitrogen and oxygen atoms in total. The molecule has 0 heterocycles. The van der Waals surface area contributed by atoms with Crippen LogP contribution in [0.1, 0.15) is 81.8 Å². The first kappa shape index (κ1) is 29.9. The molecule has 0 saturated carbocycles. The van der Waals surface area contributed by atoms with E-state index >= 15 is 0 Å². The van der Waals surface area contributed by atoms with Gasteiger partial charge in [0, 0.05) is 11.2 Å². The van der Waals surface area contributed by atoms with E-state index < -0.39 is 23.3 Å². The number of benzene rings is 2. The number of hydrogen-bond donors (Lipinski definition) is 2. The highest BCUT2D eigenvalue weighted by atomic mass is 16.6. The van der Waals surface area contributed by atoms with E-state index in [-0.39, 0.29) is 18.4 Å². The molecule has 1 unspecified atom stereocenters. The summed E-state index contributed by atoms with van der Waals surface area (Å²) in [5.41, 5.74) is 3.93. The van der Waals surface area contributed by atoms with Crippen molar-refractivity contribution in [2.45, 2.75) is 92.8 Å². The van der Waals surface area contributed by atoms with Crippen molar-refractivity contribution < 1.29 is 19.1 Å². The van der Waals surface area contributed by atoms with E-state index in [9.17, 15) is 14.4 Å². The number of rotatable bonds is 8. The van der Waals surface area contributed by atoms with Gasteiger partial charge in [-0.15, -0.1) is 0 Å². The maximum absolute atomic E-state index is 14.1. The number of nitrogens with one attached hydrogen (secondary N) is 2. The minimum Gasteiger partial charge on any atom is -0.444 e. The molecule has 0 aromatic heterocycles. The quantitative estimate of drug-likeness (QED) is 0.447. The molecule has 0 radical (unpaired) electrons. The van der Waals surface area contributed by atoms with Crippen molar-refractivity contribution in [1.29, 1.82) is 0 Å². The van der Waals surface area contributed by atoms with Crippen LogP contribution in [0.5, 0.6) is 0 Å². The van der Waals surface area contributed by atoms with E-state index in [0.29, 0.717) is 12.0 Å². The van der Waals surface area contributed by atoms with Crippen molar-refractivity contribution in [2.24, 2.45) is 0 Å². The lowest BCUT2D eigenvalue weighted by molar-refractivity contribution is -0.145. The van der Waals surface area contributed by atoms with Crippen molar-refractivity contribution in [3.63, 3.8) is 0 Å². The Morgan fingerprint density at radius 2 is 1.46 bits per heavy atom. The molecule has 2 aromatic carbocycles. The van der Waals surface area contributed by atoms with Gasteiger partial charge in [-0.05, 0) is 85.4 Å². The van der Waals surface area contributed by atoms with Crippen LogP contribution in [0.2, 0.25) is 0 Å². The van der Waals surface area contributed by atoms with Crippen molar-refractivity contribution in [3.8, 4) is 0 Å². The molecule has 1 atom stereocenters. The van der Waals surface area contributed by atoms with Crippen LogP contribution in [0.4, 0.5) is 10.5 Å². The molecule has 202 valence electrons. The van der Waals surface area contributed by atoms with Crippen molar-refractivity contribution in [1.82, 2.24) is 10.2 Å². The van der Waals surface area contributed by atoms with Gasteiger partial charge in [0.25, 0.3) is 5.91 Å². The van der Waals surface area contributed by atoms with Crippen LogP contribution in [0.15, 0.2) is 36.4 Å². The zero-order valence-electron chi connectivity index (χ0n) is 24.0. The highest BCUT2D eigenvalue weighted by Crippen LogP contribution is 2.34. The summed E-state index contributed by atoms with van der Waals surface area (Å²) in [5, 5.41) is 5.67. The highest BCUT2D eigenvalue weighted by molar-refractivity contribution is 5.99. The third-order valence-electron chi connectivity index (χ3n) is 6.36. The van der Waals surface area contributed by atoms with Gasteiger partial charge in [-0.25, -0.2) is 4.79 Å². The van der Waals surface area contributed by atoms with E-state index in [0.717, 1.165) is 27.9 Å². The fourth-order valence-electron chi connectivity index (χ4n) is 4.34. The molecule has 3 amide bonds. The van der Waals surface area contributed by atoms with Gasteiger partial charge < -0.3 is 20.3 Å². The lowest BCUT2D eigenvalue weighted by Crippen LogP contribution is -2.55. The molecule has 2 aromatic rings. The minimum absolute atomic E-state index is 0.295. The summed E-state index contributed by atoms with van der Waals surface area (Å²) < 4.78 is 5.31. The first-order valence-electron chi connectivity index (χ1n) is 12.8. The smallest absolute Gasteiger partial charge is 0.408 e. The monoisotopic (exact) mass is 509 g/mol. The molecule has 0 aliphatic carbocycles. The summed E-state index contributed by atoms with van der Waals surface area (Å²) in [6, 6.07) is 10.8. The van der Waals surface area contributed by atoms with Gasteiger partial charge in [-0.3, -0.25) is 9.59 Å². The van der Waals surface area contributed by atoms with Gasteiger partial charge in [0.05, 0.1) is 0 Å². The van der Waals surface area contributed by atoms with Crippen molar-refractivity contribution in [3.05, 3.63) is 64.2 Å². The van der Waals surface area contributed by atoms with Crippen LogP contribution < -0.4 is 10.6 Å². The molecule has 2 N–H and O–H groups in total. The average Bonchev–Trinajstić information content (AvgIpc) is 2.76. The Bertz CT molecular complexity index is 1110. The molecule has 37 heavy (non-hydrogen) atoms. The molecular weight excluding hydrogens is 466 g/mol. The van der Waals surface area contributed by atoms with E-state index in [4.69, 9.17) is 4.74 Å². The molecule has 0 saturated heterocycles. The second-order valence-corrected chi connectivity index (χ2v) is 11.4. The number of hydrogen-bond acceptors (Lipinski definition) is 4. The van der Waals surface area contributed by atoms with Crippen LogP contribution in [-0.2, 0) is 14.3 Å². The van der Waals surface area contributed by atoms with E-state index in [1.54, 1.807) is 25.7 Å². The first-order valence-corrected chi connectivity index (χ1v) is 12.8. The fraction of sp³-hybridized carbons (Fsp3) is 0.500. The third-order valence-corrected chi connectivity index (χ3v) is 6.36. The van der Waals surface area contributed by atoms with Gasteiger partial charge in [0.2, 0.25) is 5.91 Å². The summed E-state index contributed by atoms with van der Waals surface area (Å²) in [6.45, 7) is 18.6. The predicted molar refractivity (Wildman–Crippen MR) is 149 cm³/mol. The largest absolute Gasteiger partial charge is 0.444 e. The number of para-hydroxylation sites is 1. The number of carbonyl (C=O) groups excluding carboxylic acids is 3. The predicted octanol–water partition coefficient (Wildman–Crippen LogP) is 6.14. The average molecular weight is 510 g/mol. The zero-order valence-corrected chi connectivity index (χ0v) is 24.0. The van der Waals surface area contributed by atoms with Crippen LogP contribution in [-0.4, -0.2) is 40.5 Å². The number of nitrogens with zero attached hydrogens (tertiary/aromatic N) is 1. The van der Waals surface area contributed by atoms with Crippen LogP contribution in [0.3, 0.4) is 0 Å². The lowest BCUT2D eigenvalue weighted by Gasteiger charge is -2.43. The Balaban J connectivity index is 2.56. The van der Waals surface area contributed by atoms with E-state index in [1.807, 2.05) is 84.9 Å². The number of ether oxygens (including phenoxy) is 1. The van der Waals surface area contributed by atoms with Crippen molar-refractivity contribution in [2.75, 3.05) is 11.9 Å². The molecule has 2 rings (SSSR count). The standard InChI is InChI=1S/C30H43N3O4/c1-11-30(9,10)33(24(34)18-31-28(36)37-29(6,7)8)26(23-16-19(2)15-20(3)17-23)27(35)32-25-21(4)13-12-14-22(25)5/h12-17,26H,11,18H2,1-10H3,(H,31,36)(H,32,35). The Labute approximate surface area is 222 Å². The second kappa shape index (κ2) is 11.8. The topological polar surface area (TPSA) is 87.7 Å². The number of amides is 3. The van der Waals surface area contributed by atoms with Crippen LogP contribution >= 0.6 is 0 Å².